The zero-order valence-electron chi connectivity index (χ0n) is 50.5. The zero-order valence-corrected chi connectivity index (χ0v) is 50.5. The van der Waals surface area contributed by atoms with Crippen molar-refractivity contribution in [2.45, 2.75) is 379 Å². The van der Waals surface area contributed by atoms with Gasteiger partial charge in [0.15, 0.2) is 0 Å². The average Bonchev–Trinajstić information content (AvgIpc) is 3.41. The van der Waals surface area contributed by atoms with Gasteiger partial charge in [0, 0.05) is 12.8 Å². The molecule has 442 valence electrons. The standard InChI is InChI=1S/C69H131NO5/c1-3-5-7-9-11-13-15-17-18-35-39-43-47-51-55-59-63-69(74)75-64-60-56-52-48-44-40-36-33-31-29-27-25-23-21-19-20-22-24-26-28-30-32-34-38-42-46-50-54-58-62-68(73)70-66(65-71)67(72)61-57-53-49-45-41-37-16-14-12-10-8-6-4-2/h18-19,21,25,27,35,66-67,71-72H,3-17,20,22-24,26,28-34,36-65H2,1-2H3,(H,70,73)/b21-19-,27-25-,35-18-. The van der Waals surface area contributed by atoms with Gasteiger partial charge in [0.25, 0.3) is 0 Å². The van der Waals surface area contributed by atoms with Crippen molar-refractivity contribution in [2.75, 3.05) is 13.2 Å². The second-order valence-electron chi connectivity index (χ2n) is 23.1. The van der Waals surface area contributed by atoms with Crippen molar-refractivity contribution in [3.8, 4) is 0 Å². The van der Waals surface area contributed by atoms with Crippen LogP contribution < -0.4 is 5.32 Å². The molecule has 0 saturated carbocycles. The Bertz CT molecular complexity index is 1210. The molecule has 0 aliphatic carbocycles. The number of allylic oxidation sites excluding steroid dienone is 6. The van der Waals surface area contributed by atoms with Gasteiger partial charge in [-0.3, -0.25) is 9.59 Å². The molecular formula is C69H131NO5. The summed E-state index contributed by atoms with van der Waals surface area (Å²) in [6.07, 6.45) is 81.8. The van der Waals surface area contributed by atoms with Gasteiger partial charge in [-0.2, -0.15) is 0 Å². The van der Waals surface area contributed by atoms with Crippen molar-refractivity contribution in [3.63, 3.8) is 0 Å². The van der Waals surface area contributed by atoms with Crippen LogP contribution in [-0.2, 0) is 14.3 Å². The normalized spacial score (nSPS) is 12.7. The molecule has 1 amide bonds. The topological polar surface area (TPSA) is 95.9 Å². The van der Waals surface area contributed by atoms with Crippen LogP contribution in [0.4, 0.5) is 0 Å². The molecule has 0 aliphatic heterocycles. The smallest absolute Gasteiger partial charge is 0.305 e. The number of esters is 1. The van der Waals surface area contributed by atoms with Crippen molar-refractivity contribution < 1.29 is 24.5 Å². The van der Waals surface area contributed by atoms with Crippen molar-refractivity contribution in [1.82, 2.24) is 5.32 Å². The summed E-state index contributed by atoms with van der Waals surface area (Å²) in [4.78, 5) is 24.6. The van der Waals surface area contributed by atoms with Gasteiger partial charge < -0.3 is 20.3 Å². The first kappa shape index (κ1) is 73.1. The molecule has 0 saturated heterocycles. The molecule has 0 bridgehead atoms. The van der Waals surface area contributed by atoms with E-state index in [2.05, 4.69) is 55.6 Å². The first-order valence-corrected chi connectivity index (χ1v) is 33.7. The van der Waals surface area contributed by atoms with Crippen LogP contribution in [0.1, 0.15) is 367 Å². The van der Waals surface area contributed by atoms with Crippen molar-refractivity contribution in [2.24, 2.45) is 0 Å². The van der Waals surface area contributed by atoms with Crippen LogP contribution in [0.25, 0.3) is 0 Å². The number of nitrogens with one attached hydrogen (secondary N) is 1. The summed E-state index contributed by atoms with van der Waals surface area (Å²) in [7, 11) is 0. The highest BCUT2D eigenvalue weighted by atomic mass is 16.5. The lowest BCUT2D eigenvalue weighted by Gasteiger charge is -2.22. The highest BCUT2D eigenvalue weighted by molar-refractivity contribution is 5.76. The van der Waals surface area contributed by atoms with Crippen molar-refractivity contribution in [3.05, 3.63) is 36.5 Å². The number of hydrogen-bond donors (Lipinski definition) is 3. The van der Waals surface area contributed by atoms with Crippen LogP contribution in [0.5, 0.6) is 0 Å². The Morgan fingerprint density at radius 2 is 0.667 bits per heavy atom. The average molecular weight is 1050 g/mol. The van der Waals surface area contributed by atoms with E-state index in [4.69, 9.17) is 4.74 Å². The van der Waals surface area contributed by atoms with E-state index in [9.17, 15) is 19.8 Å². The van der Waals surface area contributed by atoms with Crippen LogP contribution in [0.2, 0.25) is 0 Å². The fourth-order valence-electron chi connectivity index (χ4n) is 10.5. The fourth-order valence-corrected chi connectivity index (χ4v) is 10.5. The summed E-state index contributed by atoms with van der Waals surface area (Å²) in [6.45, 7) is 4.96. The van der Waals surface area contributed by atoms with Crippen LogP contribution in [0, 0.1) is 0 Å². The summed E-state index contributed by atoms with van der Waals surface area (Å²) in [5.74, 6) is -0.0300. The lowest BCUT2D eigenvalue weighted by atomic mass is 10.0. The van der Waals surface area contributed by atoms with Gasteiger partial charge in [0.2, 0.25) is 5.91 Å². The molecule has 0 rings (SSSR count). The van der Waals surface area contributed by atoms with Crippen molar-refractivity contribution in [1.29, 1.82) is 0 Å². The molecule has 0 fully saturated rings. The van der Waals surface area contributed by atoms with Crippen LogP contribution in [-0.4, -0.2) is 47.4 Å². The Labute approximate surface area is 468 Å². The Hall–Kier alpha value is -1.92. The molecule has 2 unspecified atom stereocenters. The number of carbonyl (C=O) groups is 2. The first-order valence-electron chi connectivity index (χ1n) is 33.7. The number of aliphatic hydroxyl groups excluding tert-OH is 2. The maximum Gasteiger partial charge on any atom is 0.305 e. The van der Waals surface area contributed by atoms with Gasteiger partial charge in [-0.15, -0.1) is 0 Å². The third kappa shape index (κ3) is 61.2. The van der Waals surface area contributed by atoms with Gasteiger partial charge in [-0.1, -0.05) is 307 Å². The molecule has 0 aliphatic rings. The number of ether oxygens (including phenoxy) is 1. The molecule has 6 nitrogen and oxygen atoms in total. The Morgan fingerprint density at radius 3 is 1.03 bits per heavy atom. The fraction of sp³-hybridized carbons (Fsp3) is 0.884. The summed E-state index contributed by atoms with van der Waals surface area (Å²) in [5, 5.41) is 23.3. The monoisotopic (exact) mass is 1050 g/mol. The first-order chi connectivity index (χ1) is 37.0. The van der Waals surface area contributed by atoms with E-state index in [1.165, 1.54) is 283 Å². The number of carbonyl (C=O) groups excluding carboxylic acids is 2. The lowest BCUT2D eigenvalue weighted by Crippen LogP contribution is -2.45. The Kier molecular flexibility index (Phi) is 63.0. The van der Waals surface area contributed by atoms with E-state index in [1.54, 1.807) is 0 Å². The maximum absolute atomic E-state index is 12.5. The molecule has 0 aromatic rings. The van der Waals surface area contributed by atoms with Crippen LogP contribution >= 0.6 is 0 Å². The molecular weight excluding hydrogens is 923 g/mol. The number of hydrogen-bond acceptors (Lipinski definition) is 5. The minimum atomic E-state index is -0.664. The second-order valence-corrected chi connectivity index (χ2v) is 23.1. The van der Waals surface area contributed by atoms with Gasteiger partial charge >= 0.3 is 5.97 Å². The Balaban J connectivity index is 3.39. The van der Waals surface area contributed by atoms with E-state index < -0.39 is 12.1 Å². The number of unbranched alkanes of at least 4 members (excludes halogenated alkanes) is 46. The van der Waals surface area contributed by atoms with Crippen molar-refractivity contribution >= 4 is 11.9 Å². The van der Waals surface area contributed by atoms with Gasteiger partial charge in [-0.25, -0.2) is 0 Å². The predicted octanol–water partition coefficient (Wildman–Crippen LogP) is 21.5. The van der Waals surface area contributed by atoms with E-state index >= 15 is 0 Å². The summed E-state index contributed by atoms with van der Waals surface area (Å²) < 4.78 is 5.49. The molecule has 0 heterocycles. The van der Waals surface area contributed by atoms with Crippen LogP contribution in [0.15, 0.2) is 36.5 Å². The molecule has 2 atom stereocenters. The number of rotatable bonds is 63. The molecule has 6 heteroatoms. The maximum atomic E-state index is 12.5. The molecule has 75 heavy (non-hydrogen) atoms. The Morgan fingerprint density at radius 1 is 0.373 bits per heavy atom. The second kappa shape index (κ2) is 64.6. The van der Waals surface area contributed by atoms with Gasteiger partial charge in [-0.05, 0) is 83.5 Å². The highest BCUT2D eigenvalue weighted by Gasteiger charge is 2.20. The highest BCUT2D eigenvalue weighted by Crippen LogP contribution is 2.18. The lowest BCUT2D eigenvalue weighted by molar-refractivity contribution is -0.143. The van der Waals surface area contributed by atoms with E-state index in [1.807, 2.05) is 0 Å². The third-order valence-electron chi connectivity index (χ3n) is 15.7. The molecule has 3 N–H and O–H groups in total. The number of aliphatic hydroxyl groups is 2. The van der Waals surface area contributed by atoms with Gasteiger partial charge in [0.1, 0.15) is 0 Å². The summed E-state index contributed by atoms with van der Waals surface area (Å²) in [5.41, 5.74) is 0. The summed E-state index contributed by atoms with van der Waals surface area (Å²) in [6, 6.07) is -0.542. The molecule has 0 aromatic carbocycles. The van der Waals surface area contributed by atoms with Crippen LogP contribution in [0.3, 0.4) is 0 Å². The van der Waals surface area contributed by atoms with E-state index in [0.29, 0.717) is 25.9 Å². The SMILES string of the molecule is CCCCCCCCC/C=C\CCCCCCCC(=O)OCCCCCCCCCCC/C=C\C/C=C\CCCCCCCCCCCCCCCC(=O)NC(CO)C(O)CCCCCCCCCCCCCCC. The quantitative estimate of drug-likeness (QED) is 0.0320. The molecule has 0 radical (unpaired) electrons. The largest absolute Gasteiger partial charge is 0.466 e. The number of amides is 1. The van der Waals surface area contributed by atoms with Gasteiger partial charge in [0.05, 0.1) is 25.4 Å². The molecule has 0 aromatic heterocycles. The third-order valence-corrected chi connectivity index (χ3v) is 15.7. The van der Waals surface area contributed by atoms with E-state index in [-0.39, 0.29) is 18.5 Å². The minimum absolute atomic E-state index is 0.00486. The minimum Gasteiger partial charge on any atom is -0.466 e. The predicted molar refractivity (Wildman–Crippen MR) is 329 cm³/mol. The van der Waals surface area contributed by atoms with E-state index in [0.717, 1.165) is 51.4 Å². The molecule has 0 spiro atoms. The summed E-state index contributed by atoms with van der Waals surface area (Å²) >= 11 is 0. The zero-order chi connectivity index (χ0) is 54.3.